The van der Waals surface area contributed by atoms with E-state index in [1.165, 1.54) is 6.92 Å². The first kappa shape index (κ1) is 25.1. The molecule has 2 aromatic carbocycles. The molecule has 1 aliphatic heterocycles. The zero-order chi connectivity index (χ0) is 25.4. The molecule has 0 unspecified atom stereocenters. The maximum absolute atomic E-state index is 11.8. The average molecular weight is 487 g/mol. The highest BCUT2D eigenvalue weighted by molar-refractivity contribution is 5.66. The molecule has 2 aromatic rings. The molecule has 8 heteroatoms. The Hall–Kier alpha value is -2.97. The molecule has 3 atom stereocenters. The van der Waals surface area contributed by atoms with Gasteiger partial charge in [-0.05, 0) is 61.2 Å². The summed E-state index contributed by atoms with van der Waals surface area (Å²) in [6.45, 7) is 5.75. The first-order chi connectivity index (χ1) is 16.7. The van der Waals surface area contributed by atoms with Crippen LogP contribution in [-0.4, -0.2) is 59.0 Å². The van der Waals surface area contributed by atoms with Crippen LogP contribution in [0.3, 0.4) is 0 Å². The van der Waals surface area contributed by atoms with E-state index < -0.39 is 11.4 Å². The van der Waals surface area contributed by atoms with Gasteiger partial charge < -0.3 is 33.2 Å². The Labute approximate surface area is 206 Å². The Bertz CT molecular complexity index is 1090. The molecule has 8 nitrogen and oxygen atoms in total. The summed E-state index contributed by atoms with van der Waals surface area (Å²) < 4.78 is 40.8. The van der Waals surface area contributed by atoms with Crippen LogP contribution in [0.1, 0.15) is 43.4 Å². The number of benzene rings is 2. The number of ether oxygens (including phenoxy) is 7. The Morgan fingerprint density at radius 3 is 2.14 bits per heavy atom. The molecule has 1 saturated heterocycles. The van der Waals surface area contributed by atoms with Crippen molar-refractivity contribution in [2.75, 3.05) is 41.7 Å². The number of fused-ring (bicyclic) bond motifs is 1. The third-order valence-corrected chi connectivity index (χ3v) is 6.91. The van der Waals surface area contributed by atoms with Gasteiger partial charge in [0.25, 0.3) is 0 Å². The van der Waals surface area contributed by atoms with Crippen molar-refractivity contribution >= 4 is 5.97 Å². The van der Waals surface area contributed by atoms with Crippen LogP contribution >= 0.6 is 0 Å². The van der Waals surface area contributed by atoms with Crippen molar-refractivity contribution < 1.29 is 38.0 Å². The fraction of sp³-hybridized carbons (Fsp3) is 0.519. The third-order valence-electron chi connectivity index (χ3n) is 6.91. The molecule has 190 valence electrons. The molecule has 4 rings (SSSR count). The highest BCUT2D eigenvalue weighted by Gasteiger charge is 2.59. The van der Waals surface area contributed by atoms with E-state index in [1.54, 1.807) is 28.4 Å². The van der Waals surface area contributed by atoms with Crippen molar-refractivity contribution in [1.29, 1.82) is 0 Å². The van der Waals surface area contributed by atoms with E-state index in [0.717, 1.165) is 16.7 Å². The fourth-order valence-corrected chi connectivity index (χ4v) is 5.38. The second kappa shape index (κ2) is 9.59. The molecule has 2 aliphatic rings. The standard InChI is InChI=1S/C27H34O8/c1-16(28)33-14-19-10-18-12-23(31-6)24(32-7)13-20(18)25(27(19)15-34-26(2,3)35-27)17-8-9-21(29-4)22(11-17)30-5/h8-9,11-13,19,25H,10,14-15H2,1-7H3/t19-,25-,27+/m0/s1. The van der Waals surface area contributed by atoms with Crippen molar-refractivity contribution in [1.82, 2.24) is 0 Å². The normalized spacial score (nSPS) is 24.5. The summed E-state index contributed by atoms with van der Waals surface area (Å²) >= 11 is 0. The SMILES string of the molecule is COc1ccc([C@H]2c3cc(OC)c(OC)cc3C[C@@H](COC(C)=O)[C@]23COC(C)(C)O3)cc1OC. The van der Waals surface area contributed by atoms with Gasteiger partial charge in [0, 0.05) is 18.8 Å². The van der Waals surface area contributed by atoms with Gasteiger partial charge in [0.2, 0.25) is 0 Å². The lowest BCUT2D eigenvalue weighted by molar-refractivity contribution is -0.185. The van der Waals surface area contributed by atoms with E-state index in [0.29, 0.717) is 36.0 Å². The number of esters is 1. The molecule has 0 aromatic heterocycles. The Morgan fingerprint density at radius 2 is 1.57 bits per heavy atom. The van der Waals surface area contributed by atoms with E-state index >= 15 is 0 Å². The smallest absolute Gasteiger partial charge is 0.302 e. The number of carbonyl (C=O) groups is 1. The van der Waals surface area contributed by atoms with Gasteiger partial charge in [-0.2, -0.15) is 0 Å². The fourth-order valence-electron chi connectivity index (χ4n) is 5.38. The quantitative estimate of drug-likeness (QED) is 0.541. The van der Waals surface area contributed by atoms with Crippen molar-refractivity contribution in [3.05, 3.63) is 47.0 Å². The predicted octanol–water partition coefficient (Wildman–Crippen LogP) is 4.11. The Kier molecular flexibility index (Phi) is 6.88. The van der Waals surface area contributed by atoms with Crippen molar-refractivity contribution in [2.45, 2.75) is 44.5 Å². The zero-order valence-electron chi connectivity index (χ0n) is 21.4. The minimum Gasteiger partial charge on any atom is -0.493 e. The van der Waals surface area contributed by atoms with Crippen LogP contribution < -0.4 is 18.9 Å². The van der Waals surface area contributed by atoms with Crippen molar-refractivity contribution in [2.24, 2.45) is 5.92 Å². The van der Waals surface area contributed by atoms with Crippen LogP contribution in [0.15, 0.2) is 30.3 Å². The summed E-state index contributed by atoms with van der Waals surface area (Å²) in [5, 5.41) is 0. The molecular weight excluding hydrogens is 452 g/mol. The molecule has 1 fully saturated rings. The minimum absolute atomic E-state index is 0.170. The summed E-state index contributed by atoms with van der Waals surface area (Å²) in [6.07, 6.45) is 0.617. The summed E-state index contributed by atoms with van der Waals surface area (Å²) in [6, 6.07) is 9.87. The minimum atomic E-state index is -0.808. The van der Waals surface area contributed by atoms with Gasteiger partial charge in [0.05, 0.1) is 41.7 Å². The monoisotopic (exact) mass is 486 g/mol. The highest BCUT2D eigenvalue weighted by Crippen LogP contribution is 2.55. The van der Waals surface area contributed by atoms with Gasteiger partial charge in [0.15, 0.2) is 28.8 Å². The highest BCUT2D eigenvalue weighted by atomic mass is 16.8. The van der Waals surface area contributed by atoms with E-state index in [1.807, 2.05) is 44.2 Å². The average Bonchev–Trinajstić information content (AvgIpc) is 3.16. The summed E-state index contributed by atoms with van der Waals surface area (Å²) in [5.74, 6) is 0.935. The van der Waals surface area contributed by atoms with E-state index in [-0.39, 0.29) is 24.4 Å². The van der Waals surface area contributed by atoms with Gasteiger partial charge in [-0.15, -0.1) is 0 Å². The van der Waals surface area contributed by atoms with Crippen LogP contribution in [0.2, 0.25) is 0 Å². The molecule has 0 N–H and O–H groups in total. The lowest BCUT2D eigenvalue weighted by Crippen LogP contribution is -2.53. The maximum Gasteiger partial charge on any atom is 0.302 e. The number of methoxy groups -OCH3 is 4. The van der Waals surface area contributed by atoms with E-state index in [2.05, 4.69) is 0 Å². The summed E-state index contributed by atoms with van der Waals surface area (Å²) in [7, 11) is 6.46. The molecule has 0 radical (unpaired) electrons. The number of hydrogen-bond acceptors (Lipinski definition) is 8. The molecular formula is C27H34O8. The lowest BCUT2D eigenvalue weighted by Gasteiger charge is -2.47. The topological polar surface area (TPSA) is 81.7 Å². The largest absolute Gasteiger partial charge is 0.493 e. The zero-order valence-corrected chi connectivity index (χ0v) is 21.4. The second-order valence-electron chi connectivity index (χ2n) is 9.40. The number of carbonyl (C=O) groups excluding carboxylic acids is 1. The van der Waals surface area contributed by atoms with Crippen LogP contribution in [-0.2, 0) is 25.4 Å². The molecule has 0 bridgehead atoms. The van der Waals surface area contributed by atoms with Crippen LogP contribution in [0, 0.1) is 5.92 Å². The van der Waals surface area contributed by atoms with Crippen LogP contribution in [0.25, 0.3) is 0 Å². The molecule has 35 heavy (non-hydrogen) atoms. The van der Waals surface area contributed by atoms with Crippen LogP contribution in [0.5, 0.6) is 23.0 Å². The summed E-state index contributed by atoms with van der Waals surface area (Å²) in [4.78, 5) is 11.8. The Balaban J connectivity index is 1.97. The number of rotatable bonds is 7. The van der Waals surface area contributed by atoms with Gasteiger partial charge >= 0.3 is 5.97 Å². The van der Waals surface area contributed by atoms with Crippen molar-refractivity contribution in [3.8, 4) is 23.0 Å². The van der Waals surface area contributed by atoms with Gasteiger partial charge in [0.1, 0.15) is 5.60 Å². The Morgan fingerprint density at radius 1 is 0.943 bits per heavy atom. The second-order valence-corrected chi connectivity index (χ2v) is 9.40. The van der Waals surface area contributed by atoms with E-state index in [9.17, 15) is 4.79 Å². The van der Waals surface area contributed by atoms with Crippen molar-refractivity contribution in [3.63, 3.8) is 0 Å². The lowest BCUT2D eigenvalue weighted by atomic mass is 9.63. The first-order valence-corrected chi connectivity index (χ1v) is 11.6. The summed E-state index contributed by atoms with van der Waals surface area (Å²) in [5.41, 5.74) is 2.27. The first-order valence-electron chi connectivity index (χ1n) is 11.6. The molecule has 0 saturated carbocycles. The molecule has 0 amide bonds. The van der Waals surface area contributed by atoms with Gasteiger partial charge in [-0.25, -0.2) is 0 Å². The number of hydrogen-bond donors (Lipinski definition) is 0. The van der Waals surface area contributed by atoms with Crippen LogP contribution in [0.4, 0.5) is 0 Å². The predicted molar refractivity (Wildman–Crippen MR) is 129 cm³/mol. The third kappa shape index (κ3) is 4.52. The molecule has 1 heterocycles. The molecule has 1 aliphatic carbocycles. The molecule has 1 spiro atoms. The maximum atomic E-state index is 11.8. The van der Waals surface area contributed by atoms with Gasteiger partial charge in [-0.3, -0.25) is 4.79 Å². The van der Waals surface area contributed by atoms with E-state index in [4.69, 9.17) is 33.2 Å². The van der Waals surface area contributed by atoms with Gasteiger partial charge in [-0.1, -0.05) is 6.07 Å².